The fourth-order valence-corrected chi connectivity index (χ4v) is 3.61. The van der Waals surface area contributed by atoms with Gasteiger partial charge in [0, 0.05) is 7.05 Å². The molecule has 0 unspecified atom stereocenters. The molecule has 9 heteroatoms. The number of carbonyl (C=O) groups is 1. The lowest BCUT2D eigenvalue weighted by Crippen LogP contribution is -2.39. The van der Waals surface area contributed by atoms with Gasteiger partial charge in [0.05, 0.1) is 39.7 Å². The predicted molar refractivity (Wildman–Crippen MR) is 113 cm³/mol. The molecule has 0 aliphatic heterocycles. The van der Waals surface area contributed by atoms with Crippen LogP contribution in [0.5, 0.6) is 0 Å². The van der Waals surface area contributed by atoms with Gasteiger partial charge in [0.2, 0.25) is 5.91 Å². The molecule has 152 valence electrons. The van der Waals surface area contributed by atoms with E-state index in [1.54, 1.807) is 25.2 Å². The van der Waals surface area contributed by atoms with Gasteiger partial charge in [0.1, 0.15) is 11.6 Å². The molecule has 0 radical (unpaired) electrons. The van der Waals surface area contributed by atoms with Gasteiger partial charge in [-0.1, -0.05) is 36.2 Å². The summed E-state index contributed by atoms with van der Waals surface area (Å²) in [5.74, 6) is -0.325. The van der Waals surface area contributed by atoms with Gasteiger partial charge in [-0.2, -0.15) is 0 Å². The Balaban J connectivity index is 1.78. The number of fused-ring (bicyclic) bond motifs is 1. The molecular weight excluding hydrogens is 418 g/mol. The second kappa shape index (κ2) is 8.90. The molecule has 0 bridgehead atoms. The number of rotatable bonds is 6. The summed E-state index contributed by atoms with van der Waals surface area (Å²) in [4.78, 5) is 35.2. The molecular formula is C20H19Cl2FN4O2. The third-order valence-electron chi connectivity index (χ3n) is 4.54. The van der Waals surface area contributed by atoms with Crippen LogP contribution in [0.25, 0.3) is 10.9 Å². The third-order valence-corrected chi connectivity index (χ3v) is 5.15. The van der Waals surface area contributed by atoms with Crippen LogP contribution in [-0.4, -0.2) is 40.9 Å². The Bertz CT molecular complexity index is 1100. The Kier molecular flexibility index (Phi) is 6.52. The molecule has 6 nitrogen and oxygen atoms in total. The molecule has 3 rings (SSSR count). The fourth-order valence-electron chi connectivity index (χ4n) is 2.96. The molecule has 29 heavy (non-hydrogen) atoms. The first-order chi connectivity index (χ1) is 13.8. The van der Waals surface area contributed by atoms with Gasteiger partial charge in [0.15, 0.2) is 0 Å². The van der Waals surface area contributed by atoms with Crippen molar-refractivity contribution in [1.29, 1.82) is 0 Å². The number of para-hydroxylation sites is 1. The summed E-state index contributed by atoms with van der Waals surface area (Å²) in [6.45, 7) is 2.75. The smallest absolute Gasteiger partial charge is 0.258 e. The van der Waals surface area contributed by atoms with E-state index in [1.807, 2.05) is 11.8 Å². The van der Waals surface area contributed by atoms with Crippen LogP contribution >= 0.6 is 23.2 Å². The molecule has 2 aromatic carbocycles. The molecule has 1 amide bonds. The topological polar surface area (TPSA) is 69.3 Å². The highest BCUT2D eigenvalue weighted by Crippen LogP contribution is 2.32. The Morgan fingerprint density at radius 3 is 2.55 bits per heavy atom. The average molecular weight is 437 g/mol. The van der Waals surface area contributed by atoms with Crippen molar-refractivity contribution < 1.29 is 9.18 Å². The molecule has 0 atom stereocenters. The van der Waals surface area contributed by atoms with Gasteiger partial charge in [0.25, 0.3) is 5.56 Å². The van der Waals surface area contributed by atoms with Crippen LogP contribution in [0.1, 0.15) is 12.7 Å². The lowest BCUT2D eigenvalue weighted by atomic mass is 10.2. The summed E-state index contributed by atoms with van der Waals surface area (Å²) in [5.41, 5.74) is 0.412. The van der Waals surface area contributed by atoms with E-state index in [-0.39, 0.29) is 24.4 Å². The second-order valence-electron chi connectivity index (χ2n) is 6.50. The summed E-state index contributed by atoms with van der Waals surface area (Å²) in [7, 11) is 1.61. The van der Waals surface area contributed by atoms with E-state index in [9.17, 15) is 14.0 Å². The summed E-state index contributed by atoms with van der Waals surface area (Å²) >= 11 is 12.4. The predicted octanol–water partition coefficient (Wildman–Crippen LogP) is 3.85. The Morgan fingerprint density at radius 1 is 1.21 bits per heavy atom. The average Bonchev–Trinajstić information content (AvgIpc) is 2.67. The van der Waals surface area contributed by atoms with Crippen molar-refractivity contribution in [3.63, 3.8) is 0 Å². The molecule has 0 saturated heterocycles. The maximum atomic E-state index is 13.3. The van der Waals surface area contributed by atoms with E-state index in [0.29, 0.717) is 33.6 Å². The number of benzene rings is 2. The van der Waals surface area contributed by atoms with Crippen molar-refractivity contribution in [2.75, 3.05) is 25.0 Å². The van der Waals surface area contributed by atoms with Crippen molar-refractivity contribution in [3.05, 3.63) is 68.4 Å². The van der Waals surface area contributed by atoms with Gasteiger partial charge < -0.3 is 9.88 Å². The van der Waals surface area contributed by atoms with Crippen LogP contribution < -0.4 is 10.5 Å². The highest BCUT2D eigenvalue weighted by Gasteiger charge is 2.20. The Hall–Kier alpha value is -2.48. The molecule has 0 aliphatic carbocycles. The number of hydrogen-bond acceptors (Lipinski definition) is 4. The van der Waals surface area contributed by atoms with Gasteiger partial charge >= 0.3 is 0 Å². The standard InChI is InChI=1S/C20H19Cl2FN4O2/c1-3-27(11-18(28)26(2)19-14(21)5-4-6-15(19)22)10-17-24-16-8-7-12(23)9-13(16)20(29)25-17/h4-9H,3,10-11H2,1-2H3,(H,24,25,29). The summed E-state index contributed by atoms with van der Waals surface area (Å²) in [6, 6.07) is 8.89. The minimum absolute atomic E-state index is 0.0692. The number of nitrogens with one attached hydrogen (secondary N) is 1. The van der Waals surface area contributed by atoms with Crippen LogP contribution in [-0.2, 0) is 11.3 Å². The number of carbonyl (C=O) groups excluding carboxylic acids is 1. The van der Waals surface area contributed by atoms with E-state index in [4.69, 9.17) is 23.2 Å². The number of nitrogens with zero attached hydrogens (tertiary/aromatic N) is 3. The monoisotopic (exact) mass is 436 g/mol. The number of amides is 1. The van der Waals surface area contributed by atoms with Crippen LogP contribution in [0.2, 0.25) is 10.0 Å². The SMILES string of the molecule is CCN(CC(=O)N(C)c1c(Cl)cccc1Cl)Cc1nc2ccc(F)cc2c(=O)[nH]1. The van der Waals surface area contributed by atoms with E-state index in [0.717, 1.165) is 6.07 Å². The van der Waals surface area contributed by atoms with Crippen LogP contribution in [0.15, 0.2) is 41.2 Å². The van der Waals surface area contributed by atoms with E-state index >= 15 is 0 Å². The minimum Gasteiger partial charge on any atom is -0.312 e. The molecule has 1 heterocycles. The number of halogens is 3. The van der Waals surface area contributed by atoms with Gasteiger partial charge in [-0.25, -0.2) is 9.37 Å². The number of aromatic nitrogens is 2. The third kappa shape index (κ3) is 4.75. The first-order valence-corrected chi connectivity index (χ1v) is 9.67. The molecule has 0 saturated carbocycles. The quantitative estimate of drug-likeness (QED) is 0.636. The van der Waals surface area contributed by atoms with Crippen LogP contribution in [0.3, 0.4) is 0 Å². The zero-order valence-corrected chi connectivity index (χ0v) is 17.4. The number of aromatic amines is 1. The largest absolute Gasteiger partial charge is 0.312 e. The maximum absolute atomic E-state index is 13.3. The van der Waals surface area contributed by atoms with Crippen molar-refractivity contribution in [2.45, 2.75) is 13.5 Å². The van der Waals surface area contributed by atoms with Crippen molar-refractivity contribution in [2.24, 2.45) is 0 Å². The molecule has 1 N–H and O–H groups in total. The first-order valence-electron chi connectivity index (χ1n) is 8.91. The van der Waals surface area contributed by atoms with E-state index in [2.05, 4.69) is 9.97 Å². The van der Waals surface area contributed by atoms with Gasteiger partial charge in [-0.15, -0.1) is 0 Å². The van der Waals surface area contributed by atoms with Crippen molar-refractivity contribution >= 4 is 45.7 Å². The van der Waals surface area contributed by atoms with Crippen molar-refractivity contribution in [1.82, 2.24) is 14.9 Å². The molecule has 0 spiro atoms. The Morgan fingerprint density at radius 2 is 1.90 bits per heavy atom. The normalized spacial score (nSPS) is 11.2. The highest BCUT2D eigenvalue weighted by atomic mass is 35.5. The van der Waals surface area contributed by atoms with Gasteiger partial charge in [-0.05, 0) is 36.9 Å². The zero-order valence-electron chi connectivity index (χ0n) is 15.9. The molecule has 0 fully saturated rings. The highest BCUT2D eigenvalue weighted by molar-refractivity contribution is 6.39. The molecule has 1 aromatic heterocycles. The lowest BCUT2D eigenvalue weighted by Gasteiger charge is -2.25. The summed E-state index contributed by atoms with van der Waals surface area (Å²) in [5, 5.41) is 0.939. The number of anilines is 1. The first kappa shape index (κ1) is 21.2. The van der Waals surface area contributed by atoms with E-state index in [1.165, 1.54) is 17.0 Å². The van der Waals surface area contributed by atoms with Crippen molar-refractivity contribution in [3.8, 4) is 0 Å². The van der Waals surface area contributed by atoms with E-state index < -0.39 is 11.4 Å². The minimum atomic E-state index is -0.500. The van der Waals surface area contributed by atoms with Crippen LogP contribution in [0.4, 0.5) is 10.1 Å². The van der Waals surface area contributed by atoms with Crippen LogP contribution in [0, 0.1) is 5.82 Å². The second-order valence-corrected chi connectivity index (χ2v) is 7.31. The number of likely N-dealkylation sites (N-methyl/N-ethyl adjacent to an activating group) is 2. The fraction of sp³-hybridized carbons (Fsp3) is 0.250. The number of H-pyrrole nitrogens is 1. The zero-order chi connectivity index (χ0) is 21.1. The lowest BCUT2D eigenvalue weighted by molar-refractivity contribution is -0.119. The summed E-state index contributed by atoms with van der Waals surface area (Å²) < 4.78 is 13.3. The Labute approximate surface area is 176 Å². The molecule has 0 aliphatic rings. The summed E-state index contributed by atoms with van der Waals surface area (Å²) in [6.07, 6.45) is 0. The maximum Gasteiger partial charge on any atom is 0.258 e. The van der Waals surface area contributed by atoms with Gasteiger partial charge in [-0.3, -0.25) is 14.5 Å². The number of hydrogen-bond donors (Lipinski definition) is 1. The molecule has 3 aromatic rings.